The normalized spacial score (nSPS) is 9.47. The van der Waals surface area contributed by atoms with Crippen molar-refractivity contribution in [1.29, 1.82) is 5.26 Å². The lowest BCUT2D eigenvalue weighted by Gasteiger charge is -2.05. The third-order valence-electron chi connectivity index (χ3n) is 2.04. The number of nitro benzene ring substituents is 1. The molecule has 0 saturated carbocycles. The lowest BCUT2D eigenvalue weighted by molar-refractivity contribution is -0.385. The number of methoxy groups -OCH3 is 1. The Labute approximate surface area is 102 Å². The molecule has 0 amide bonds. The maximum Gasteiger partial charge on any atom is 0.346 e. The molecule has 1 aromatic carbocycles. The van der Waals surface area contributed by atoms with Crippen molar-refractivity contribution < 1.29 is 14.5 Å². The number of carbonyl (C=O) groups is 1. The molecule has 7 heteroatoms. The molecule has 1 rings (SSSR count). The molecule has 0 bridgehead atoms. The minimum absolute atomic E-state index is 0.0109. The van der Waals surface area contributed by atoms with Gasteiger partial charge in [-0.15, -0.1) is 11.6 Å². The van der Waals surface area contributed by atoms with Gasteiger partial charge in [-0.25, -0.2) is 4.79 Å². The average molecular weight is 255 g/mol. The molecule has 17 heavy (non-hydrogen) atoms. The highest BCUT2D eigenvalue weighted by Gasteiger charge is 2.26. The number of rotatable bonds is 3. The van der Waals surface area contributed by atoms with Crippen LogP contribution >= 0.6 is 11.6 Å². The van der Waals surface area contributed by atoms with Crippen LogP contribution in [0.5, 0.6) is 0 Å². The predicted molar refractivity (Wildman–Crippen MR) is 58.7 cm³/mol. The van der Waals surface area contributed by atoms with Gasteiger partial charge < -0.3 is 4.74 Å². The van der Waals surface area contributed by atoms with Crippen molar-refractivity contribution in [1.82, 2.24) is 0 Å². The summed E-state index contributed by atoms with van der Waals surface area (Å²) in [5.41, 5.74) is -0.565. The molecule has 0 radical (unpaired) electrons. The topological polar surface area (TPSA) is 93.2 Å². The third-order valence-corrected chi connectivity index (χ3v) is 2.35. The molecule has 0 aliphatic heterocycles. The van der Waals surface area contributed by atoms with Crippen LogP contribution in [-0.4, -0.2) is 18.0 Å². The summed E-state index contributed by atoms with van der Waals surface area (Å²) < 4.78 is 4.42. The second kappa shape index (κ2) is 5.27. The smallest absolute Gasteiger partial charge is 0.346 e. The number of alkyl halides is 1. The minimum atomic E-state index is -0.922. The Bertz CT molecular complexity index is 522. The molecule has 0 fully saturated rings. The number of carbonyl (C=O) groups excluding carboxylic acids is 1. The van der Waals surface area contributed by atoms with E-state index in [1.165, 1.54) is 6.07 Å². The number of nitrogens with zero attached hydrogens (tertiary/aromatic N) is 2. The quantitative estimate of drug-likeness (QED) is 0.356. The van der Waals surface area contributed by atoms with E-state index >= 15 is 0 Å². The van der Waals surface area contributed by atoms with Crippen molar-refractivity contribution in [3.05, 3.63) is 38.9 Å². The molecule has 1 aromatic rings. The number of benzene rings is 1. The second-order valence-electron chi connectivity index (χ2n) is 3.03. The first-order valence-corrected chi connectivity index (χ1v) is 4.94. The Morgan fingerprint density at radius 3 is 2.71 bits per heavy atom. The van der Waals surface area contributed by atoms with Gasteiger partial charge in [0.05, 0.1) is 17.6 Å². The molecule has 6 nitrogen and oxygen atoms in total. The van der Waals surface area contributed by atoms with Gasteiger partial charge >= 0.3 is 5.97 Å². The van der Waals surface area contributed by atoms with Crippen LogP contribution < -0.4 is 0 Å². The summed E-state index contributed by atoms with van der Waals surface area (Å²) in [6.45, 7) is 0. The molecule has 0 aliphatic rings. The van der Waals surface area contributed by atoms with E-state index in [4.69, 9.17) is 16.9 Å². The summed E-state index contributed by atoms with van der Waals surface area (Å²) in [4.78, 5) is 21.5. The van der Waals surface area contributed by atoms with Gasteiger partial charge in [-0.2, -0.15) is 5.26 Å². The van der Waals surface area contributed by atoms with Gasteiger partial charge in [-0.3, -0.25) is 10.1 Å². The Balaban J connectivity index is 3.59. The predicted octanol–water partition coefficient (Wildman–Crippen LogP) is 1.99. The molecule has 0 atom stereocenters. The third kappa shape index (κ3) is 2.52. The van der Waals surface area contributed by atoms with Gasteiger partial charge in [0.1, 0.15) is 6.07 Å². The Hall–Kier alpha value is -2.13. The highest BCUT2D eigenvalue weighted by atomic mass is 35.5. The van der Waals surface area contributed by atoms with Gasteiger partial charge in [0, 0.05) is 11.9 Å². The molecule has 88 valence electrons. The van der Waals surface area contributed by atoms with E-state index in [0.717, 1.165) is 13.2 Å². The van der Waals surface area contributed by atoms with E-state index in [0.29, 0.717) is 5.56 Å². The van der Waals surface area contributed by atoms with Gasteiger partial charge in [-0.05, 0) is 11.6 Å². The van der Waals surface area contributed by atoms with E-state index in [1.54, 1.807) is 6.07 Å². The van der Waals surface area contributed by atoms with Crippen LogP contribution in [0, 0.1) is 21.4 Å². The maximum absolute atomic E-state index is 11.4. The first-order valence-electron chi connectivity index (χ1n) is 4.40. The fourth-order valence-electron chi connectivity index (χ4n) is 1.31. The number of ether oxygens (including phenoxy) is 1. The van der Waals surface area contributed by atoms with E-state index in [2.05, 4.69) is 4.74 Å². The van der Waals surface area contributed by atoms with Crippen LogP contribution in [0.25, 0.3) is 0 Å². The highest BCUT2D eigenvalue weighted by Crippen LogP contribution is 2.26. The van der Waals surface area contributed by atoms with Crippen LogP contribution in [0.15, 0.2) is 12.1 Å². The van der Waals surface area contributed by atoms with Crippen LogP contribution in [0.4, 0.5) is 5.69 Å². The summed E-state index contributed by atoms with van der Waals surface area (Å²) in [6.07, 6.45) is 0. The van der Waals surface area contributed by atoms with Crippen molar-refractivity contribution in [2.45, 2.75) is 5.88 Å². The molecule has 0 aromatic heterocycles. The van der Waals surface area contributed by atoms with Crippen molar-refractivity contribution in [2.75, 3.05) is 7.11 Å². The van der Waals surface area contributed by atoms with E-state index in [1.807, 2.05) is 0 Å². The van der Waals surface area contributed by atoms with Crippen molar-refractivity contribution in [3.63, 3.8) is 0 Å². The molecular weight excluding hydrogens is 248 g/mol. The van der Waals surface area contributed by atoms with Crippen LogP contribution in [0.1, 0.15) is 21.5 Å². The average Bonchev–Trinajstić information content (AvgIpc) is 2.35. The van der Waals surface area contributed by atoms with Crippen LogP contribution in [-0.2, 0) is 10.6 Å². The summed E-state index contributed by atoms with van der Waals surface area (Å²) in [7, 11) is 1.09. The summed E-state index contributed by atoms with van der Waals surface area (Å²) in [5.74, 6) is -0.911. The molecular formula is C10H7ClN2O4. The SMILES string of the molecule is COC(=O)c1c(C#N)cc(CCl)cc1[N+](=O)[O-]. The number of hydrogen-bond acceptors (Lipinski definition) is 5. The lowest BCUT2D eigenvalue weighted by atomic mass is 10.0. The zero-order valence-corrected chi connectivity index (χ0v) is 9.52. The number of esters is 1. The first kappa shape index (κ1) is 12.9. The zero-order valence-electron chi connectivity index (χ0n) is 8.77. The summed E-state index contributed by atoms with van der Waals surface area (Å²) in [5, 5.41) is 19.7. The van der Waals surface area contributed by atoms with Gasteiger partial charge in [0.15, 0.2) is 5.56 Å². The molecule has 0 heterocycles. The number of nitriles is 1. The zero-order chi connectivity index (χ0) is 13.0. The maximum atomic E-state index is 11.4. The number of nitro groups is 1. The van der Waals surface area contributed by atoms with Crippen molar-refractivity contribution in [3.8, 4) is 6.07 Å². The van der Waals surface area contributed by atoms with Crippen molar-refractivity contribution in [2.24, 2.45) is 0 Å². The Kier molecular flexibility index (Phi) is 4.01. The minimum Gasteiger partial charge on any atom is -0.465 e. The van der Waals surface area contributed by atoms with E-state index in [-0.39, 0.29) is 17.0 Å². The van der Waals surface area contributed by atoms with Crippen LogP contribution in [0.3, 0.4) is 0 Å². The summed E-state index contributed by atoms with van der Waals surface area (Å²) >= 11 is 5.55. The Morgan fingerprint density at radius 1 is 1.65 bits per heavy atom. The lowest BCUT2D eigenvalue weighted by Crippen LogP contribution is -2.09. The molecule has 0 unspecified atom stereocenters. The largest absolute Gasteiger partial charge is 0.465 e. The second-order valence-corrected chi connectivity index (χ2v) is 3.30. The monoisotopic (exact) mass is 254 g/mol. The summed E-state index contributed by atoms with van der Waals surface area (Å²) in [6, 6.07) is 4.20. The van der Waals surface area contributed by atoms with Gasteiger partial charge in [-0.1, -0.05) is 0 Å². The van der Waals surface area contributed by atoms with Crippen molar-refractivity contribution >= 4 is 23.3 Å². The first-order chi connectivity index (χ1) is 8.04. The van der Waals surface area contributed by atoms with Gasteiger partial charge in [0.2, 0.25) is 0 Å². The molecule has 0 aliphatic carbocycles. The molecule has 0 spiro atoms. The standard InChI is InChI=1S/C10H7ClN2O4/c1-17-10(14)9-7(5-12)2-6(4-11)3-8(9)13(15)16/h2-3H,4H2,1H3. The molecule has 0 N–H and O–H groups in total. The van der Waals surface area contributed by atoms with E-state index < -0.39 is 16.6 Å². The fourth-order valence-corrected chi connectivity index (χ4v) is 1.47. The van der Waals surface area contributed by atoms with Crippen LogP contribution in [0.2, 0.25) is 0 Å². The number of hydrogen-bond donors (Lipinski definition) is 0. The van der Waals surface area contributed by atoms with E-state index in [9.17, 15) is 14.9 Å². The Morgan fingerprint density at radius 2 is 2.29 bits per heavy atom. The van der Waals surface area contributed by atoms with Gasteiger partial charge in [0.25, 0.3) is 5.69 Å². The molecule has 0 saturated heterocycles. The highest BCUT2D eigenvalue weighted by molar-refractivity contribution is 6.17. The fraction of sp³-hybridized carbons (Fsp3) is 0.200. The number of halogens is 1.